The van der Waals surface area contributed by atoms with Gasteiger partial charge in [0.25, 0.3) is 11.8 Å². The maximum Gasteiger partial charge on any atom is 0.335 e. The molecule has 0 aromatic heterocycles. The highest BCUT2D eigenvalue weighted by Gasteiger charge is 2.36. The molecule has 0 radical (unpaired) electrons. The summed E-state index contributed by atoms with van der Waals surface area (Å²) in [7, 11) is 0. The summed E-state index contributed by atoms with van der Waals surface area (Å²) >= 11 is 9.47. The molecule has 1 heterocycles. The number of carbonyl (C=O) groups excluding carboxylic acids is 3. The molecule has 4 rings (SSSR count). The monoisotopic (exact) mass is 524 g/mol. The van der Waals surface area contributed by atoms with Gasteiger partial charge in [-0.3, -0.25) is 14.9 Å². The van der Waals surface area contributed by atoms with Crippen molar-refractivity contribution in [3.05, 3.63) is 98.5 Å². The molecule has 0 aliphatic carbocycles. The van der Waals surface area contributed by atoms with Crippen LogP contribution in [0.15, 0.2) is 76.8 Å². The summed E-state index contributed by atoms with van der Waals surface area (Å²) in [6.45, 7) is 2.18. The van der Waals surface area contributed by atoms with E-state index in [-0.39, 0.29) is 5.57 Å². The van der Waals surface area contributed by atoms with Crippen LogP contribution in [0.5, 0.6) is 5.75 Å². The van der Waals surface area contributed by atoms with Gasteiger partial charge in [-0.25, -0.2) is 9.69 Å². The van der Waals surface area contributed by atoms with Crippen molar-refractivity contribution in [2.75, 3.05) is 4.90 Å². The number of carbonyl (C=O) groups is 3. The zero-order chi connectivity index (χ0) is 23.5. The van der Waals surface area contributed by atoms with E-state index >= 15 is 0 Å². The molecular weight excluding hydrogens is 508 g/mol. The fraction of sp³-hybridized carbons (Fsp3) is 0.0800. The lowest BCUT2D eigenvalue weighted by atomic mass is 10.1. The maximum atomic E-state index is 13.0. The van der Waals surface area contributed by atoms with Gasteiger partial charge in [0.2, 0.25) is 0 Å². The summed E-state index contributed by atoms with van der Waals surface area (Å²) in [6.07, 6.45) is 1.44. The van der Waals surface area contributed by atoms with Gasteiger partial charge in [0, 0.05) is 5.02 Å². The molecule has 0 spiro atoms. The Kier molecular flexibility index (Phi) is 6.62. The molecule has 3 aromatic rings. The van der Waals surface area contributed by atoms with Gasteiger partial charge in [-0.1, -0.05) is 41.9 Å². The lowest BCUT2D eigenvalue weighted by Gasteiger charge is -2.26. The molecule has 6 nitrogen and oxygen atoms in total. The number of amides is 4. The second kappa shape index (κ2) is 9.60. The van der Waals surface area contributed by atoms with Crippen LogP contribution in [0, 0.1) is 6.92 Å². The smallest absolute Gasteiger partial charge is 0.335 e. The van der Waals surface area contributed by atoms with E-state index in [0.717, 1.165) is 16.0 Å². The Morgan fingerprint density at radius 3 is 2.55 bits per heavy atom. The number of nitrogens with zero attached hydrogens (tertiary/aromatic N) is 1. The Hall–Kier alpha value is -3.42. The first kappa shape index (κ1) is 22.8. The van der Waals surface area contributed by atoms with E-state index in [0.29, 0.717) is 33.1 Å². The number of barbiturate groups is 1. The molecule has 1 aliphatic rings. The number of urea groups is 1. The standard InChI is InChI=1S/C25H18BrClN2O4/c1-15-4-2-7-19(10-15)29-24(31)20(23(30)28-25(29)32)12-16-8-9-22(21(26)13-16)33-14-17-5-3-6-18(27)11-17/h2-13H,14H2,1H3,(H,28,30,32)/b20-12+. The summed E-state index contributed by atoms with van der Waals surface area (Å²) in [4.78, 5) is 38.7. The van der Waals surface area contributed by atoms with Gasteiger partial charge >= 0.3 is 6.03 Å². The molecule has 33 heavy (non-hydrogen) atoms. The average molecular weight is 526 g/mol. The predicted molar refractivity (Wildman–Crippen MR) is 130 cm³/mol. The van der Waals surface area contributed by atoms with E-state index in [2.05, 4.69) is 21.2 Å². The van der Waals surface area contributed by atoms with Crippen LogP contribution in [0.3, 0.4) is 0 Å². The van der Waals surface area contributed by atoms with Crippen molar-refractivity contribution in [1.29, 1.82) is 0 Å². The van der Waals surface area contributed by atoms with E-state index < -0.39 is 17.8 Å². The van der Waals surface area contributed by atoms with E-state index in [1.807, 2.05) is 31.2 Å². The van der Waals surface area contributed by atoms with Gasteiger partial charge in [0.05, 0.1) is 10.2 Å². The molecule has 0 atom stereocenters. The van der Waals surface area contributed by atoms with Crippen LogP contribution >= 0.6 is 27.5 Å². The number of halogens is 2. The summed E-state index contributed by atoms with van der Waals surface area (Å²) in [5.41, 5.74) is 2.64. The highest BCUT2D eigenvalue weighted by atomic mass is 79.9. The number of anilines is 1. The molecule has 1 fully saturated rings. The molecular formula is C25H18BrClN2O4. The third kappa shape index (κ3) is 5.16. The predicted octanol–water partition coefficient (Wildman–Crippen LogP) is 5.66. The zero-order valence-electron chi connectivity index (χ0n) is 17.5. The van der Waals surface area contributed by atoms with Crippen molar-refractivity contribution in [2.45, 2.75) is 13.5 Å². The third-order valence-corrected chi connectivity index (χ3v) is 5.77. The van der Waals surface area contributed by atoms with Gasteiger partial charge in [-0.2, -0.15) is 0 Å². The Labute approximate surface area is 203 Å². The second-order valence-electron chi connectivity index (χ2n) is 7.41. The SMILES string of the molecule is Cc1cccc(N2C(=O)NC(=O)/C(=C\c3ccc(OCc4cccc(Cl)c4)c(Br)c3)C2=O)c1. The number of nitrogens with one attached hydrogen (secondary N) is 1. The van der Waals surface area contributed by atoms with Crippen molar-refractivity contribution in [3.63, 3.8) is 0 Å². The fourth-order valence-corrected chi connectivity index (χ4v) is 4.06. The first-order valence-electron chi connectivity index (χ1n) is 9.97. The molecule has 0 unspecified atom stereocenters. The van der Waals surface area contributed by atoms with Crippen molar-refractivity contribution in [3.8, 4) is 5.75 Å². The van der Waals surface area contributed by atoms with Crippen LogP contribution in [-0.4, -0.2) is 17.8 Å². The Bertz CT molecular complexity index is 1310. The van der Waals surface area contributed by atoms with E-state index in [9.17, 15) is 14.4 Å². The summed E-state index contributed by atoms with van der Waals surface area (Å²) in [5.74, 6) is -0.842. The average Bonchev–Trinajstić information content (AvgIpc) is 2.76. The van der Waals surface area contributed by atoms with Gasteiger partial charge in [0.15, 0.2) is 0 Å². The number of rotatable bonds is 5. The van der Waals surface area contributed by atoms with Crippen molar-refractivity contribution < 1.29 is 19.1 Å². The minimum Gasteiger partial charge on any atom is -0.488 e. The van der Waals surface area contributed by atoms with Gasteiger partial charge < -0.3 is 4.74 Å². The minimum atomic E-state index is -0.779. The Balaban J connectivity index is 1.57. The minimum absolute atomic E-state index is 0.143. The Morgan fingerprint density at radius 1 is 1.03 bits per heavy atom. The normalized spacial score (nSPS) is 15.1. The first-order chi connectivity index (χ1) is 15.8. The van der Waals surface area contributed by atoms with Gasteiger partial charge in [-0.15, -0.1) is 0 Å². The second-order valence-corrected chi connectivity index (χ2v) is 8.70. The van der Waals surface area contributed by atoms with E-state index in [4.69, 9.17) is 16.3 Å². The van der Waals surface area contributed by atoms with Crippen LogP contribution in [0.1, 0.15) is 16.7 Å². The molecule has 0 saturated carbocycles. The first-order valence-corrected chi connectivity index (χ1v) is 11.1. The molecule has 1 saturated heterocycles. The lowest BCUT2D eigenvalue weighted by Crippen LogP contribution is -2.54. The number of hydrogen-bond acceptors (Lipinski definition) is 4. The largest absolute Gasteiger partial charge is 0.488 e. The van der Waals surface area contributed by atoms with Crippen molar-refractivity contribution in [1.82, 2.24) is 5.32 Å². The molecule has 4 amide bonds. The number of ether oxygens (including phenoxy) is 1. The summed E-state index contributed by atoms with van der Waals surface area (Å²) < 4.78 is 6.49. The Morgan fingerprint density at radius 2 is 1.82 bits per heavy atom. The van der Waals surface area contributed by atoms with Crippen LogP contribution in [-0.2, 0) is 16.2 Å². The number of hydrogen-bond donors (Lipinski definition) is 1. The molecule has 3 aromatic carbocycles. The maximum absolute atomic E-state index is 13.0. The van der Waals surface area contributed by atoms with Crippen LogP contribution < -0.4 is 15.0 Å². The quantitative estimate of drug-likeness (QED) is 0.345. The van der Waals surface area contributed by atoms with Crippen LogP contribution in [0.4, 0.5) is 10.5 Å². The number of aryl methyl sites for hydroxylation is 1. The highest BCUT2D eigenvalue weighted by molar-refractivity contribution is 9.10. The molecule has 166 valence electrons. The third-order valence-electron chi connectivity index (χ3n) is 4.91. The van der Waals surface area contributed by atoms with Gasteiger partial charge in [-0.05, 0) is 82.0 Å². The highest BCUT2D eigenvalue weighted by Crippen LogP contribution is 2.29. The fourth-order valence-electron chi connectivity index (χ4n) is 3.34. The topological polar surface area (TPSA) is 75.7 Å². The summed E-state index contributed by atoms with van der Waals surface area (Å²) in [5, 5.41) is 2.86. The van der Waals surface area contributed by atoms with E-state index in [1.165, 1.54) is 6.08 Å². The van der Waals surface area contributed by atoms with E-state index in [1.54, 1.807) is 42.5 Å². The summed E-state index contributed by atoms with van der Waals surface area (Å²) in [6, 6.07) is 18.7. The number of imide groups is 2. The molecule has 8 heteroatoms. The molecule has 1 N–H and O–H groups in total. The number of benzene rings is 3. The lowest BCUT2D eigenvalue weighted by molar-refractivity contribution is -0.122. The van der Waals surface area contributed by atoms with Crippen molar-refractivity contribution >= 4 is 57.1 Å². The van der Waals surface area contributed by atoms with Crippen molar-refractivity contribution in [2.24, 2.45) is 0 Å². The zero-order valence-corrected chi connectivity index (χ0v) is 19.8. The van der Waals surface area contributed by atoms with Crippen LogP contribution in [0.25, 0.3) is 6.08 Å². The van der Waals surface area contributed by atoms with Gasteiger partial charge in [0.1, 0.15) is 17.9 Å². The molecule has 1 aliphatic heterocycles. The van der Waals surface area contributed by atoms with Crippen LogP contribution in [0.2, 0.25) is 5.02 Å². The molecule has 0 bridgehead atoms.